The lowest BCUT2D eigenvalue weighted by Gasteiger charge is -2.19. The minimum atomic E-state index is -0.0920. The Morgan fingerprint density at radius 1 is 1.42 bits per heavy atom. The molecule has 1 amide bonds. The lowest BCUT2D eigenvalue weighted by Crippen LogP contribution is -2.28. The van der Waals surface area contributed by atoms with Crippen LogP contribution in [0.4, 0.5) is 5.69 Å². The normalized spacial score (nSPS) is 10.2. The van der Waals surface area contributed by atoms with Crippen LogP contribution in [0.2, 0.25) is 0 Å². The van der Waals surface area contributed by atoms with Crippen molar-refractivity contribution in [2.45, 2.75) is 0 Å². The van der Waals surface area contributed by atoms with Crippen LogP contribution in [0, 0.1) is 0 Å². The highest BCUT2D eigenvalue weighted by atomic mass is 79.9. The summed E-state index contributed by atoms with van der Waals surface area (Å²) in [6.07, 6.45) is 0. The number of carbonyl (C=O) groups excluding carboxylic acids is 1. The maximum atomic E-state index is 12.4. The first-order valence-electron chi connectivity index (χ1n) is 5.41. The van der Waals surface area contributed by atoms with E-state index in [1.54, 1.807) is 18.0 Å². The maximum absolute atomic E-state index is 12.4. The molecule has 0 aliphatic rings. The lowest BCUT2D eigenvalue weighted by molar-refractivity contribution is 0.0993. The predicted octanol–water partition coefficient (Wildman–Crippen LogP) is 3.42. The number of carbonyl (C=O) groups is 1. The van der Waals surface area contributed by atoms with Gasteiger partial charge >= 0.3 is 0 Å². The zero-order chi connectivity index (χ0) is 14.0. The van der Waals surface area contributed by atoms with Gasteiger partial charge in [-0.2, -0.15) is 0 Å². The fraction of sp³-hybridized carbons (Fsp3) is 0.0769. The van der Waals surface area contributed by atoms with Crippen molar-refractivity contribution in [2.75, 3.05) is 11.9 Å². The Kier molecular flexibility index (Phi) is 4.34. The Morgan fingerprint density at radius 3 is 2.68 bits per heavy atom. The van der Waals surface area contributed by atoms with E-state index in [0.29, 0.717) is 16.8 Å². The van der Waals surface area contributed by atoms with Crippen LogP contribution >= 0.6 is 39.5 Å². The molecule has 0 saturated heterocycles. The van der Waals surface area contributed by atoms with Crippen molar-refractivity contribution in [2.24, 2.45) is 5.73 Å². The number of thiocarbonyl (C=S) groups is 1. The number of halogens is 1. The van der Waals surface area contributed by atoms with E-state index >= 15 is 0 Å². The van der Waals surface area contributed by atoms with Gasteiger partial charge < -0.3 is 10.6 Å². The molecule has 0 aliphatic heterocycles. The molecule has 0 fully saturated rings. The summed E-state index contributed by atoms with van der Waals surface area (Å²) in [6.45, 7) is 0. The van der Waals surface area contributed by atoms with Crippen LogP contribution in [0.1, 0.15) is 15.9 Å². The predicted molar refractivity (Wildman–Crippen MR) is 87.1 cm³/mol. The van der Waals surface area contributed by atoms with Gasteiger partial charge in [-0.15, -0.1) is 11.3 Å². The average Bonchev–Trinajstić information content (AvgIpc) is 2.83. The largest absolute Gasteiger partial charge is 0.389 e. The number of amides is 1. The Bertz CT molecular complexity index is 639. The van der Waals surface area contributed by atoms with Gasteiger partial charge in [-0.05, 0) is 34.1 Å². The van der Waals surface area contributed by atoms with Gasteiger partial charge in [0.1, 0.15) is 4.99 Å². The molecule has 0 unspecified atom stereocenters. The number of nitrogens with two attached hydrogens (primary N) is 1. The minimum absolute atomic E-state index is 0.0920. The third-order valence-corrected chi connectivity index (χ3v) is 4.37. The third kappa shape index (κ3) is 3.02. The second kappa shape index (κ2) is 5.81. The molecule has 0 spiro atoms. The first kappa shape index (κ1) is 14.2. The molecule has 0 saturated carbocycles. The molecule has 3 nitrogen and oxygen atoms in total. The number of hydrogen-bond acceptors (Lipinski definition) is 3. The molecule has 0 atom stereocenters. The molecular formula is C13H11BrN2OS2. The molecule has 2 N–H and O–H groups in total. The topological polar surface area (TPSA) is 46.3 Å². The van der Waals surface area contributed by atoms with Crippen LogP contribution in [0.25, 0.3) is 0 Å². The molecule has 19 heavy (non-hydrogen) atoms. The van der Waals surface area contributed by atoms with E-state index in [4.69, 9.17) is 18.0 Å². The molecule has 6 heteroatoms. The van der Waals surface area contributed by atoms with Crippen LogP contribution in [0.15, 0.2) is 39.5 Å². The van der Waals surface area contributed by atoms with Crippen molar-refractivity contribution >= 4 is 56.1 Å². The molecule has 0 aliphatic carbocycles. The van der Waals surface area contributed by atoms with Gasteiger partial charge in [0.15, 0.2) is 0 Å². The Balaban J connectivity index is 2.37. The lowest BCUT2D eigenvalue weighted by atomic mass is 10.1. The van der Waals surface area contributed by atoms with Crippen molar-refractivity contribution in [1.29, 1.82) is 0 Å². The quantitative estimate of drug-likeness (QED) is 0.859. The summed E-state index contributed by atoms with van der Waals surface area (Å²) < 4.78 is 0.923. The van der Waals surface area contributed by atoms with Gasteiger partial charge in [-0.25, -0.2) is 0 Å². The summed E-state index contributed by atoms with van der Waals surface area (Å²) in [5, 5.41) is 1.81. The summed E-state index contributed by atoms with van der Waals surface area (Å²) in [4.78, 5) is 14.2. The average molecular weight is 355 g/mol. The highest BCUT2D eigenvalue weighted by Crippen LogP contribution is 2.25. The Labute approximate surface area is 129 Å². The molecule has 98 valence electrons. The first-order valence-corrected chi connectivity index (χ1v) is 7.49. The number of anilines is 1. The van der Waals surface area contributed by atoms with Gasteiger partial charge in [0.25, 0.3) is 5.91 Å². The van der Waals surface area contributed by atoms with Crippen molar-refractivity contribution in [1.82, 2.24) is 0 Å². The summed E-state index contributed by atoms with van der Waals surface area (Å²) >= 11 is 9.84. The summed E-state index contributed by atoms with van der Waals surface area (Å²) in [6, 6.07) is 9.13. The van der Waals surface area contributed by atoms with E-state index in [2.05, 4.69) is 15.9 Å². The van der Waals surface area contributed by atoms with Gasteiger partial charge in [0.05, 0.1) is 15.0 Å². The molecular weight excluding hydrogens is 344 g/mol. The van der Waals surface area contributed by atoms with Crippen LogP contribution in [0.5, 0.6) is 0 Å². The molecule has 1 aromatic carbocycles. The number of nitrogens with zero attached hydrogens (tertiary/aromatic N) is 1. The second-order valence-electron chi connectivity index (χ2n) is 3.89. The Morgan fingerprint density at radius 2 is 2.11 bits per heavy atom. The Hall–Kier alpha value is -1.24. The third-order valence-electron chi connectivity index (χ3n) is 2.65. The van der Waals surface area contributed by atoms with Crippen molar-refractivity contribution in [3.05, 3.63) is 50.6 Å². The van der Waals surface area contributed by atoms with Gasteiger partial charge in [0, 0.05) is 18.0 Å². The van der Waals surface area contributed by atoms with Crippen molar-refractivity contribution < 1.29 is 4.79 Å². The van der Waals surface area contributed by atoms with Gasteiger partial charge in [-0.1, -0.05) is 24.4 Å². The van der Waals surface area contributed by atoms with Crippen LogP contribution in [0.3, 0.4) is 0 Å². The van der Waals surface area contributed by atoms with Gasteiger partial charge in [-0.3, -0.25) is 4.79 Å². The molecule has 1 aromatic heterocycles. The zero-order valence-corrected chi connectivity index (χ0v) is 13.3. The van der Waals surface area contributed by atoms with Crippen molar-refractivity contribution in [3.63, 3.8) is 0 Å². The molecule has 1 heterocycles. The molecule has 2 rings (SSSR count). The van der Waals surface area contributed by atoms with Gasteiger partial charge in [0.2, 0.25) is 0 Å². The summed E-state index contributed by atoms with van der Waals surface area (Å²) in [5.74, 6) is -0.0920. The monoisotopic (exact) mass is 354 g/mol. The van der Waals surface area contributed by atoms with Crippen LogP contribution < -0.4 is 10.6 Å². The van der Waals surface area contributed by atoms with E-state index < -0.39 is 0 Å². The van der Waals surface area contributed by atoms with Crippen LogP contribution in [-0.2, 0) is 0 Å². The first-order chi connectivity index (χ1) is 9.00. The number of thiophene rings is 1. The van der Waals surface area contributed by atoms with E-state index in [1.165, 1.54) is 11.3 Å². The molecule has 2 aromatic rings. The maximum Gasteiger partial charge on any atom is 0.258 e. The highest BCUT2D eigenvalue weighted by Gasteiger charge is 2.18. The SMILES string of the molecule is CN(C(=O)c1csc(Br)c1)c1ccccc1C(N)=S. The summed E-state index contributed by atoms with van der Waals surface area (Å²) in [7, 11) is 1.71. The van der Waals surface area contributed by atoms with Crippen LogP contribution in [-0.4, -0.2) is 17.9 Å². The van der Waals surface area contributed by atoms with E-state index in [1.807, 2.05) is 29.6 Å². The highest BCUT2D eigenvalue weighted by molar-refractivity contribution is 9.11. The molecule has 0 radical (unpaired) electrons. The van der Waals surface area contributed by atoms with E-state index in [-0.39, 0.29) is 10.9 Å². The molecule has 0 bridgehead atoms. The van der Waals surface area contributed by atoms with E-state index in [9.17, 15) is 4.79 Å². The van der Waals surface area contributed by atoms with E-state index in [0.717, 1.165) is 3.79 Å². The number of para-hydroxylation sites is 1. The smallest absolute Gasteiger partial charge is 0.258 e. The standard InChI is InChI=1S/C13H11BrN2OS2/c1-16(13(17)8-6-11(14)19-7-8)10-5-3-2-4-9(10)12(15)18/h2-7H,1H3,(H2,15,18). The summed E-state index contributed by atoms with van der Waals surface area (Å²) in [5.41, 5.74) is 7.73. The number of rotatable bonds is 3. The fourth-order valence-electron chi connectivity index (χ4n) is 1.70. The van der Waals surface area contributed by atoms with Crippen molar-refractivity contribution in [3.8, 4) is 0 Å². The number of hydrogen-bond donors (Lipinski definition) is 1. The minimum Gasteiger partial charge on any atom is -0.389 e. The number of benzene rings is 1. The zero-order valence-electron chi connectivity index (χ0n) is 10.1. The fourth-order valence-corrected chi connectivity index (χ4v) is 3.00. The second-order valence-corrected chi connectivity index (χ2v) is 6.62.